The molecule has 0 saturated carbocycles. The second-order valence-electron chi connectivity index (χ2n) is 10.2. The van der Waals surface area contributed by atoms with E-state index in [0.717, 1.165) is 0 Å². The molecule has 0 spiro atoms. The Hall–Kier alpha value is -3.10. The molecule has 0 heterocycles. The van der Waals surface area contributed by atoms with Gasteiger partial charge < -0.3 is 30.3 Å². The molecule has 2 aromatic carbocycles. The van der Waals surface area contributed by atoms with Crippen molar-refractivity contribution in [2.45, 2.75) is 64.8 Å². The summed E-state index contributed by atoms with van der Waals surface area (Å²) in [5.41, 5.74) is -3.10. The lowest BCUT2D eigenvalue weighted by Crippen LogP contribution is -2.54. The third kappa shape index (κ3) is 6.52. The lowest BCUT2D eigenvalue weighted by Gasteiger charge is -2.36. The molecule has 2 rings (SSSR count). The van der Waals surface area contributed by atoms with Crippen LogP contribution in [-0.2, 0) is 9.59 Å². The molecule has 2 amide bonds. The van der Waals surface area contributed by atoms with Crippen molar-refractivity contribution >= 4 is 11.8 Å². The van der Waals surface area contributed by atoms with Gasteiger partial charge >= 0.3 is 0 Å². The number of methoxy groups -OCH3 is 2. The Labute approximate surface area is 207 Å². The number of carbonyl (C=O) groups is 2. The van der Waals surface area contributed by atoms with Crippen LogP contribution in [0.4, 0.5) is 0 Å². The Morgan fingerprint density at radius 2 is 1.00 bits per heavy atom. The zero-order valence-electron chi connectivity index (χ0n) is 21.8. The summed E-state index contributed by atoms with van der Waals surface area (Å²) >= 11 is 0. The van der Waals surface area contributed by atoms with Crippen LogP contribution in [0.15, 0.2) is 48.5 Å². The molecular weight excluding hydrogens is 448 g/mol. The van der Waals surface area contributed by atoms with Crippen LogP contribution >= 0.6 is 0 Å². The summed E-state index contributed by atoms with van der Waals surface area (Å²) in [7, 11) is 3.02. The van der Waals surface area contributed by atoms with E-state index in [1.54, 1.807) is 76.2 Å². The summed E-state index contributed by atoms with van der Waals surface area (Å²) < 4.78 is 10.8. The minimum Gasteiger partial charge on any atom is -0.496 e. The van der Waals surface area contributed by atoms with Gasteiger partial charge in [-0.2, -0.15) is 0 Å². The molecule has 35 heavy (non-hydrogen) atoms. The molecule has 0 aliphatic rings. The maximum atomic E-state index is 13.4. The van der Waals surface area contributed by atoms with Gasteiger partial charge in [0.25, 0.3) is 0 Å². The smallest absolute Gasteiger partial charge is 0.235 e. The number of rotatable bonds is 10. The van der Waals surface area contributed by atoms with Crippen LogP contribution in [0.1, 0.15) is 64.8 Å². The first kappa shape index (κ1) is 28.1. The minimum absolute atomic E-state index is 0.500. The molecule has 8 heteroatoms. The summed E-state index contributed by atoms with van der Waals surface area (Å²) in [6, 6.07) is 12.4. The monoisotopic (exact) mass is 486 g/mol. The maximum Gasteiger partial charge on any atom is 0.235 e. The fourth-order valence-corrected chi connectivity index (χ4v) is 3.81. The van der Waals surface area contributed by atoms with E-state index >= 15 is 0 Å². The molecule has 4 N–H and O–H groups in total. The van der Waals surface area contributed by atoms with Crippen LogP contribution in [0.5, 0.6) is 11.5 Å². The third-order valence-corrected chi connectivity index (χ3v) is 6.00. The van der Waals surface area contributed by atoms with Gasteiger partial charge in [0.05, 0.1) is 37.5 Å². The van der Waals surface area contributed by atoms with E-state index in [4.69, 9.17) is 9.47 Å². The highest BCUT2D eigenvalue weighted by atomic mass is 16.5. The van der Waals surface area contributed by atoms with Crippen molar-refractivity contribution in [3.63, 3.8) is 0 Å². The number of amides is 2. The van der Waals surface area contributed by atoms with Gasteiger partial charge in [-0.05, 0) is 53.7 Å². The quantitative estimate of drug-likeness (QED) is 0.383. The van der Waals surface area contributed by atoms with Gasteiger partial charge in [0.1, 0.15) is 16.9 Å². The first-order chi connectivity index (χ1) is 16.1. The van der Waals surface area contributed by atoms with E-state index in [1.165, 1.54) is 28.1 Å². The van der Waals surface area contributed by atoms with Crippen LogP contribution in [0.2, 0.25) is 0 Å². The lowest BCUT2D eigenvalue weighted by molar-refractivity contribution is -0.144. The Morgan fingerprint density at radius 3 is 1.29 bits per heavy atom. The van der Waals surface area contributed by atoms with Crippen molar-refractivity contribution in [1.29, 1.82) is 0 Å². The molecule has 0 bridgehead atoms. The van der Waals surface area contributed by atoms with Crippen molar-refractivity contribution in [3.05, 3.63) is 59.7 Å². The zero-order chi connectivity index (χ0) is 26.6. The van der Waals surface area contributed by atoms with Gasteiger partial charge in [0.15, 0.2) is 0 Å². The topological polar surface area (TPSA) is 117 Å². The van der Waals surface area contributed by atoms with E-state index < -0.39 is 40.5 Å². The van der Waals surface area contributed by atoms with Crippen molar-refractivity contribution in [3.8, 4) is 11.5 Å². The Balaban J connectivity index is 2.36. The van der Waals surface area contributed by atoms with Crippen LogP contribution in [0, 0.1) is 5.41 Å². The highest BCUT2D eigenvalue weighted by Gasteiger charge is 2.43. The number of aliphatic hydroxyl groups is 2. The van der Waals surface area contributed by atoms with Crippen molar-refractivity contribution in [1.82, 2.24) is 10.6 Å². The van der Waals surface area contributed by atoms with Crippen molar-refractivity contribution in [2.75, 3.05) is 14.2 Å². The minimum atomic E-state index is -1.54. The molecule has 0 aromatic heterocycles. The van der Waals surface area contributed by atoms with E-state index in [2.05, 4.69) is 10.6 Å². The molecule has 2 atom stereocenters. The molecule has 0 unspecified atom stereocenters. The predicted octanol–water partition coefficient (Wildman–Crippen LogP) is 3.29. The highest BCUT2D eigenvalue weighted by molar-refractivity contribution is 6.04. The number of para-hydroxylation sites is 2. The first-order valence-corrected chi connectivity index (χ1v) is 11.5. The standard InChI is InChI=1S/C27H38N2O6/c1-25(2,23(30)28-21(26(3,4)32)17-13-9-11-15-19(17)34-7)24(31)29-22(27(5,6)33)18-14-10-12-16-20(18)35-8/h9-16,21-22,32-33H,1-8H3,(H,28,30)(H,29,31)/t21-,22-/m1/s1. The van der Waals surface area contributed by atoms with Crippen LogP contribution in [0.3, 0.4) is 0 Å². The number of hydrogen-bond donors (Lipinski definition) is 4. The zero-order valence-corrected chi connectivity index (χ0v) is 21.8. The maximum absolute atomic E-state index is 13.4. The van der Waals surface area contributed by atoms with Gasteiger partial charge in [-0.15, -0.1) is 0 Å². The van der Waals surface area contributed by atoms with Crippen LogP contribution < -0.4 is 20.1 Å². The molecule has 0 aliphatic heterocycles. The molecule has 0 fully saturated rings. The number of nitrogens with one attached hydrogen (secondary N) is 2. The Bertz CT molecular complexity index is 955. The van der Waals surface area contributed by atoms with E-state index in [-0.39, 0.29) is 0 Å². The summed E-state index contributed by atoms with van der Waals surface area (Å²) in [5.74, 6) is -0.189. The van der Waals surface area contributed by atoms with Gasteiger partial charge in [0.2, 0.25) is 11.8 Å². The lowest BCUT2D eigenvalue weighted by atomic mass is 9.85. The second-order valence-corrected chi connectivity index (χ2v) is 10.2. The largest absolute Gasteiger partial charge is 0.496 e. The molecular formula is C27H38N2O6. The van der Waals surface area contributed by atoms with Crippen molar-refractivity contribution < 1.29 is 29.3 Å². The highest BCUT2D eigenvalue weighted by Crippen LogP contribution is 2.35. The summed E-state index contributed by atoms with van der Waals surface area (Å²) in [4.78, 5) is 26.8. The first-order valence-electron chi connectivity index (χ1n) is 11.5. The van der Waals surface area contributed by atoms with E-state index in [0.29, 0.717) is 22.6 Å². The molecule has 0 saturated heterocycles. The van der Waals surface area contributed by atoms with Gasteiger partial charge in [-0.1, -0.05) is 36.4 Å². The van der Waals surface area contributed by atoms with E-state index in [1.807, 2.05) is 0 Å². The van der Waals surface area contributed by atoms with Crippen LogP contribution in [0.25, 0.3) is 0 Å². The number of hydrogen-bond acceptors (Lipinski definition) is 6. The second kappa shape index (κ2) is 10.7. The molecule has 8 nitrogen and oxygen atoms in total. The normalized spacial score (nSPS) is 14.0. The Kier molecular flexibility index (Phi) is 8.57. The summed E-state index contributed by atoms with van der Waals surface area (Å²) in [5, 5.41) is 27.3. The fraction of sp³-hybridized carbons (Fsp3) is 0.481. The number of carbonyl (C=O) groups excluding carboxylic acids is 2. The molecule has 2 aromatic rings. The molecule has 0 aliphatic carbocycles. The van der Waals surface area contributed by atoms with Crippen LogP contribution in [-0.4, -0.2) is 47.4 Å². The molecule has 0 radical (unpaired) electrons. The summed E-state index contributed by atoms with van der Waals surface area (Å²) in [6.45, 7) is 9.27. The van der Waals surface area contributed by atoms with E-state index in [9.17, 15) is 19.8 Å². The summed E-state index contributed by atoms with van der Waals surface area (Å²) in [6.07, 6.45) is 0. The van der Waals surface area contributed by atoms with Gasteiger partial charge in [-0.25, -0.2) is 0 Å². The van der Waals surface area contributed by atoms with Gasteiger partial charge in [-0.3, -0.25) is 9.59 Å². The average Bonchev–Trinajstić information content (AvgIpc) is 2.78. The fourth-order valence-electron chi connectivity index (χ4n) is 3.81. The average molecular weight is 487 g/mol. The predicted molar refractivity (Wildman–Crippen MR) is 134 cm³/mol. The number of ether oxygens (including phenoxy) is 2. The van der Waals surface area contributed by atoms with Gasteiger partial charge in [0, 0.05) is 11.1 Å². The Morgan fingerprint density at radius 1 is 0.686 bits per heavy atom. The number of benzene rings is 2. The molecule has 192 valence electrons. The third-order valence-electron chi connectivity index (χ3n) is 6.00. The van der Waals surface area contributed by atoms with Crippen molar-refractivity contribution in [2.24, 2.45) is 5.41 Å². The SMILES string of the molecule is COc1ccccc1[C@@H](NC(=O)C(C)(C)C(=O)N[C@H](c1ccccc1OC)C(C)(C)O)C(C)(C)O.